The molecule has 1 unspecified atom stereocenters. The number of benzene rings is 1. The number of anilines is 3. The van der Waals surface area contributed by atoms with Crippen molar-refractivity contribution in [1.82, 2.24) is 4.98 Å². The molecule has 1 heterocycles. The van der Waals surface area contributed by atoms with E-state index in [1.54, 1.807) is 6.07 Å². The number of carbonyl (C=O) groups excluding carboxylic acids is 1. The number of pyridine rings is 1. The van der Waals surface area contributed by atoms with Crippen molar-refractivity contribution in [3.63, 3.8) is 0 Å². The van der Waals surface area contributed by atoms with Crippen molar-refractivity contribution in [2.75, 3.05) is 16.4 Å². The standard InChI is InChI=1S/C18H22N4O/c1-10-8-11(2)17-13(9-10)4-5-14(17)21-16-7-6-15(18(19)22-16)20-12(3)23/h6-9,14H,4-5H2,1-3H3,(H,20,23)(H3,19,21,22). The third-order valence-corrected chi connectivity index (χ3v) is 4.23. The van der Waals surface area contributed by atoms with Gasteiger partial charge in [-0.15, -0.1) is 0 Å². The molecule has 1 amide bonds. The van der Waals surface area contributed by atoms with Crippen LogP contribution in [0.15, 0.2) is 24.3 Å². The number of hydrogen-bond acceptors (Lipinski definition) is 4. The second-order valence-electron chi connectivity index (χ2n) is 6.20. The Kier molecular flexibility index (Phi) is 3.94. The fraction of sp³-hybridized carbons (Fsp3) is 0.333. The number of hydrogen-bond donors (Lipinski definition) is 3. The predicted octanol–water partition coefficient (Wildman–Crippen LogP) is 3.34. The summed E-state index contributed by atoms with van der Waals surface area (Å²) in [4.78, 5) is 15.5. The van der Waals surface area contributed by atoms with Crippen LogP contribution >= 0.6 is 0 Å². The Morgan fingerprint density at radius 3 is 2.78 bits per heavy atom. The van der Waals surface area contributed by atoms with Gasteiger partial charge in [0.15, 0.2) is 0 Å². The Balaban J connectivity index is 1.82. The molecule has 1 aromatic heterocycles. The molecule has 5 heteroatoms. The van der Waals surface area contributed by atoms with E-state index in [2.05, 4.69) is 41.6 Å². The Labute approximate surface area is 136 Å². The van der Waals surface area contributed by atoms with Crippen LogP contribution in [0.5, 0.6) is 0 Å². The molecule has 4 N–H and O–H groups in total. The van der Waals surface area contributed by atoms with Crippen LogP contribution in [0, 0.1) is 13.8 Å². The van der Waals surface area contributed by atoms with Gasteiger partial charge in [0.1, 0.15) is 11.6 Å². The largest absolute Gasteiger partial charge is 0.382 e. The molecule has 0 fully saturated rings. The average molecular weight is 310 g/mol. The van der Waals surface area contributed by atoms with Gasteiger partial charge in [0.25, 0.3) is 0 Å². The van der Waals surface area contributed by atoms with Crippen LogP contribution in [0.25, 0.3) is 0 Å². The summed E-state index contributed by atoms with van der Waals surface area (Å²) in [5, 5.41) is 6.15. The molecule has 2 aromatic rings. The van der Waals surface area contributed by atoms with Crippen molar-refractivity contribution in [3.05, 3.63) is 46.5 Å². The molecule has 5 nitrogen and oxygen atoms in total. The van der Waals surface area contributed by atoms with Gasteiger partial charge in [-0.3, -0.25) is 4.79 Å². The van der Waals surface area contributed by atoms with Crippen LogP contribution in [-0.4, -0.2) is 10.9 Å². The summed E-state index contributed by atoms with van der Waals surface area (Å²) in [6.45, 7) is 5.75. The minimum absolute atomic E-state index is 0.157. The molecule has 0 aliphatic heterocycles. The second-order valence-corrected chi connectivity index (χ2v) is 6.20. The van der Waals surface area contributed by atoms with Gasteiger partial charge in [-0.25, -0.2) is 4.98 Å². The number of aromatic nitrogens is 1. The highest BCUT2D eigenvalue weighted by Gasteiger charge is 2.24. The number of fused-ring (bicyclic) bond motifs is 1. The predicted molar refractivity (Wildman–Crippen MR) is 93.6 cm³/mol. The first kappa shape index (κ1) is 15.3. The number of amides is 1. The van der Waals surface area contributed by atoms with Gasteiger partial charge < -0.3 is 16.4 Å². The van der Waals surface area contributed by atoms with Crippen molar-refractivity contribution in [2.24, 2.45) is 0 Å². The molecule has 0 bridgehead atoms. The minimum atomic E-state index is -0.157. The van der Waals surface area contributed by atoms with Gasteiger partial charge in [-0.1, -0.05) is 17.7 Å². The number of rotatable bonds is 3. The molecular formula is C18H22N4O. The number of nitrogens with two attached hydrogens (primary N) is 1. The highest BCUT2D eigenvalue weighted by Crippen LogP contribution is 2.36. The van der Waals surface area contributed by atoms with Crippen molar-refractivity contribution >= 4 is 23.2 Å². The Morgan fingerprint density at radius 2 is 2.09 bits per heavy atom. The van der Waals surface area contributed by atoms with Crippen LogP contribution in [0.2, 0.25) is 0 Å². The zero-order chi connectivity index (χ0) is 16.6. The van der Waals surface area contributed by atoms with E-state index in [0.29, 0.717) is 11.5 Å². The van der Waals surface area contributed by atoms with Gasteiger partial charge >= 0.3 is 0 Å². The van der Waals surface area contributed by atoms with Crippen LogP contribution in [0.4, 0.5) is 17.3 Å². The topological polar surface area (TPSA) is 80.0 Å². The first-order valence-electron chi connectivity index (χ1n) is 7.84. The van der Waals surface area contributed by atoms with Crippen molar-refractivity contribution in [2.45, 2.75) is 39.7 Å². The molecule has 0 saturated carbocycles. The lowest BCUT2D eigenvalue weighted by molar-refractivity contribution is -0.114. The van der Waals surface area contributed by atoms with E-state index in [0.717, 1.165) is 18.7 Å². The molecule has 1 aliphatic rings. The van der Waals surface area contributed by atoms with E-state index >= 15 is 0 Å². The molecule has 120 valence electrons. The number of carbonyl (C=O) groups is 1. The fourth-order valence-corrected chi connectivity index (χ4v) is 3.39. The molecule has 1 aromatic carbocycles. The lowest BCUT2D eigenvalue weighted by Crippen LogP contribution is -2.12. The molecule has 1 atom stereocenters. The Morgan fingerprint density at radius 1 is 1.30 bits per heavy atom. The summed E-state index contributed by atoms with van der Waals surface area (Å²) in [7, 11) is 0. The van der Waals surface area contributed by atoms with Gasteiger partial charge in [0.2, 0.25) is 5.91 Å². The van der Waals surface area contributed by atoms with E-state index in [-0.39, 0.29) is 11.9 Å². The van der Waals surface area contributed by atoms with Crippen molar-refractivity contribution in [3.8, 4) is 0 Å². The normalized spacial score (nSPS) is 16.0. The Hall–Kier alpha value is -2.56. The highest BCUT2D eigenvalue weighted by molar-refractivity contribution is 5.91. The van der Waals surface area contributed by atoms with E-state index < -0.39 is 0 Å². The van der Waals surface area contributed by atoms with Gasteiger partial charge in [0, 0.05) is 6.92 Å². The fourth-order valence-electron chi connectivity index (χ4n) is 3.39. The van der Waals surface area contributed by atoms with Gasteiger partial charge in [-0.2, -0.15) is 0 Å². The summed E-state index contributed by atoms with van der Waals surface area (Å²) in [6.07, 6.45) is 2.13. The van der Waals surface area contributed by atoms with Crippen molar-refractivity contribution in [1.29, 1.82) is 0 Å². The number of nitrogen functional groups attached to an aromatic ring is 1. The summed E-state index contributed by atoms with van der Waals surface area (Å²) in [5.74, 6) is 0.897. The van der Waals surface area contributed by atoms with Gasteiger partial charge in [-0.05, 0) is 55.5 Å². The molecule has 0 saturated heterocycles. The Bertz CT molecular complexity index is 770. The van der Waals surface area contributed by atoms with Crippen LogP contribution in [-0.2, 0) is 11.2 Å². The monoisotopic (exact) mass is 310 g/mol. The van der Waals surface area contributed by atoms with Crippen LogP contribution < -0.4 is 16.4 Å². The maximum absolute atomic E-state index is 11.1. The highest BCUT2D eigenvalue weighted by atomic mass is 16.1. The third kappa shape index (κ3) is 3.13. The zero-order valence-corrected chi connectivity index (χ0v) is 13.7. The first-order valence-corrected chi connectivity index (χ1v) is 7.84. The lowest BCUT2D eigenvalue weighted by Gasteiger charge is -2.18. The molecule has 0 radical (unpaired) electrons. The summed E-state index contributed by atoms with van der Waals surface area (Å²) >= 11 is 0. The van der Waals surface area contributed by atoms with Crippen LogP contribution in [0.3, 0.4) is 0 Å². The minimum Gasteiger partial charge on any atom is -0.382 e. The summed E-state index contributed by atoms with van der Waals surface area (Å²) in [6, 6.07) is 8.38. The number of nitrogens with one attached hydrogen (secondary N) is 2. The molecule has 3 rings (SSSR count). The zero-order valence-electron chi connectivity index (χ0n) is 13.7. The van der Waals surface area contributed by atoms with Crippen LogP contribution in [0.1, 0.15) is 41.6 Å². The quantitative estimate of drug-likeness (QED) is 0.812. The molecule has 0 spiro atoms. The van der Waals surface area contributed by atoms with E-state index in [1.807, 2.05) is 6.07 Å². The molecule has 23 heavy (non-hydrogen) atoms. The lowest BCUT2D eigenvalue weighted by atomic mass is 9.99. The van der Waals surface area contributed by atoms with E-state index in [1.165, 1.54) is 29.2 Å². The summed E-state index contributed by atoms with van der Waals surface area (Å²) < 4.78 is 0. The third-order valence-electron chi connectivity index (χ3n) is 4.23. The molecule has 1 aliphatic carbocycles. The van der Waals surface area contributed by atoms with Crippen molar-refractivity contribution < 1.29 is 4.79 Å². The maximum Gasteiger partial charge on any atom is 0.221 e. The first-order chi connectivity index (χ1) is 10.9. The SMILES string of the molecule is CC(=O)Nc1ccc(NC2CCc3cc(C)cc(C)c32)nc1N. The smallest absolute Gasteiger partial charge is 0.221 e. The van der Waals surface area contributed by atoms with Gasteiger partial charge in [0.05, 0.1) is 11.7 Å². The number of nitrogens with zero attached hydrogens (tertiary/aromatic N) is 1. The maximum atomic E-state index is 11.1. The van der Waals surface area contributed by atoms with E-state index in [9.17, 15) is 4.79 Å². The average Bonchev–Trinajstić information content (AvgIpc) is 2.84. The molecular weight excluding hydrogens is 288 g/mol. The second kappa shape index (κ2) is 5.91. The number of aryl methyl sites for hydroxylation is 3. The summed E-state index contributed by atoms with van der Waals surface area (Å²) in [5.41, 5.74) is 11.9. The van der Waals surface area contributed by atoms with E-state index in [4.69, 9.17) is 5.73 Å².